The van der Waals surface area contributed by atoms with Crippen molar-refractivity contribution in [2.24, 2.45) is 0 Å². The van der Waals surface area contributed by atoms with Gasteiger partial charge in [-0.1, -0.05) is 17.7 Å². The molecular weight excluding hydrogens is 752 g/mol. The third kappa shape index (κ3) is 8.27. The second-order valence-corrected chi connectivity index (χ2v) is 14.3. The van der Waals surface area contributed by atoms with Crippen molar-refractivity contribution < 1.29 is 33.2 Å². The third-order valence-corrected chi connectivity index (χ3v) is 10.9. The summed E-state index contributed by atoms with van der Waals surface area (Å²) in [6.45, 7) is 6.57. The van der Waals surface area contributed by atoms with Crippen molar-refractivity contribution in [3.8, 4) is 40.5 Å². The van der Waals surface area contributed by atoms with E-state index in [2.05, 4.69) is 26.3 Å². The standard InChI is InChI=1S/C41H51ClN8O7/c1-8-57-33-19-25(9-10-30(33)42)24-48-17-13-27(14-18-48)50(41-45-32-23-37(54-5)35(52-3)21-29(32)39(47-41)56-7)49(26-11-15-43-16-12-26)40-44-31-22-36(53-4)34(51-2)20-28(31)38(46-40)55-6/h9-10,19-23,26-27,43H,8,11-18,24H2,1-7H3. The first-order valence-corrected chi connectivity index (χ1v) is 19.6. The summed E-state index contributed by atoms with van der Waals surface area (Å²) in [6, 6.07) is 13.4. The highest BCUT2D eigenvalue weighted by Gasteiger charge is 2.38. The molecule has 3 aromatic carbocycles. The van der Waals surface area contributed by atoms with Crippen molar-refractivity contribution in [3.63, 3.8) is 0 Å². The molecule has 1 N–H and O–H groups in total. The smallest absolute Gasteiger partial charge is 0.248 e. The van der Waals surface area contributed by atoms with E-state index in [9.17, 15) is 0 Å². The zero-order chi connectivity index (χ0) is 40.1. The van der Waals surface area contributed by atoms with Gasteiger partial charge in [-0.25, -0.2) is 20.0 Å². The number of rotatable bonds is 15. The van der Waals surface area contributed by atoms with Gasteiger partial charge in [0.15, 0.2) is 23.0 Å². The Labute approximate surface area is 338 Å². The van der Waals surface area contributed by atoms with Gasteiger partial charge in [-0.05, 0) is 75.5 Å². The largest absolute Gasteiger partial charge is 0.493 e. The monoisotopic (exact) mass is 802 g/mol. The molecule has 0 spiro atoms. The Morgan fingerprint density at radius 3 is 1.60 bits per heavy atom. The fourth-order valence-electron chi connectivity index (χ4n) is 7.76. The number of fused-ring (bicyclic) bond motifs is 2. The summed E-state index contributed by atoms with van der Waals surface area (Å²) >= 11 is 6.43. The van der Waals surface area contributed by atoms with Crippen molar-refractivity contribution in [2.75, 3.05) is 85.5 Å². The second kappa shape index (κ2) is 17.9. The molecular formula is C41H51ClN8O7. The molecule has 0 bridgehead atoms. The van der Waals surface area contributed by atoms with Gasteiger partial charge in [0.25, 0.3) is 0 Å². The maximum absolute atomic E-state index is 6.43. The van der Waals surface area contributed by atoms with Gasteiger partial charge in [0, 0.05) is 31.8 Å². The zero-order valence-corrected chi connectivity index (χ0v) is 34.4. The molecule has 0 saturated carbocycles. The van der Waals surface area contributed by atoms with Gasteiger partial charge in [0.05, 0.1) is 88.2 Å². The topological polar surface area (TPSA) is 138 Å². The van der Waals surface area contributed by atoms with Crippen molar-refractivity contribution in [1.82, 2.24) is 30.2 Å². The number of halogens is 1. The van der Waals surface area contributed by atoms with Crippen LogP contribution in [0.15, 0.2) is 42.5 Å². The lowest BCUT2D eigenvalue weighted by Crippen LogP contribution is -2.59. The molecule has 0 atom stereocenters. The van der Waals surface area contributed by atoms with E-state index >= 15 is 0 Å². The molecule has 2 aliphatic rings. The number of ether oxygens (including phenoxy) is 7. The molecule has 2 aliphatic heterocycles. The van der Waals surface area contributed by atoms with Gasteiger partial charge in [0.1, 0.15) is 5.75 Å². The molecule has 0 radical (unpaired) electrons. The van der Waals surface area contributed by atoms with E-state index < -0.39 is 0 Å². The summed E-state index contributed by atoms with van der Waals surface area (Å²) in [4.78, 5) is 23.1. The predicted octanol–water partition coefficient (Wildman–Crippen LogP) is 6.32. The number of benzene rings is 3. The van der Waals surface area contributed by atoms with Crippen molar-refractivity contribution in [3.05, 3.63) is 53.1 Å². The number of methoxy groups -OCH3 is 6. The highest BCUT2D eigenvalue weighted by atomic mass is 35.5. The van der Waals surface area contributed by atoms with Crippen molar-refractivity contribution >= 4 is 45.3 Å². The average Bonchev–Trinajstić information content (AvgIpc) is 3.25. The Morgan fingerprint density at radius 1 is 0.632 bits per heavy atom. The first-order valence-electron chi connectivity index (χ1n) is 19.2. The van der Waals surface area contributed by atoms with E-state index in [-0.39, 0.29) is 12.1 Å². The summed E-state index contributed by atoms with van der Waals surface area (Å²) in [6.07, 6.45) is 3.27. The average molecular weight is 803 g/mol. The van der Waals surface area contributed by atoms with Crippen LogP contribution < -0.4 is 48.5 Å². The lowest BCUT2D eigenvalue weighted by Gasteiger charge is -2.47. The van der Waals surface area contributed by atoms with Crippen LogP contribution in [-0.2, 0) is 6.54 Å². The minimum Gasteiger partial charge on any atom is -0.493 e. The first kappa shape index (κ1) is 40.0. The molecule has 4 heterocycles. The highest BCUT2D eigenvalue weighted by Crippen LogP contribution is 2.40. The number of hydrogen-bond donors (Lipinski definition) is 1. The van der Waals surface area contributed by atoms with Gasteiger partial charge < -0.3 is 38.5 Å². The van der Waals surface area contributed by atoms with Crippen LogP contribution in [0.1, 0.15) is 38.2 Å². The van der Waals surface area contributed by atoms with Gasteiger partial charge >= 0.3 is 0 Å². The van der Waals surface area contributed by atoms with Gasteiger partial charge in [-0.15, -0.1) is 0 Å². The van der Waals surface area contributed by atoms with Crippen LogP contribution in [0.3, 0.4) is 0 Å². The minimum atomic E-state index is -0.0432. The lowest BCUT2D eigenvalue weighted by atomic mass is 10.0. The Morgan fingerprint density at radius 2 is 1.12 bits per heavy atom. The SMILES string of the molecule is CCOc1cc(CN2CCC(N(c3nc(OC)c4cc(OC)c(OC)cc4n3)N(c3nc(OC)c4cc(OC)c(OC)cc4n3)C3CCNCC3)CC2)ccc1Cl. The van der Waals surface area contributed by atoms with Gasteiger partial charge in [-0.3, -0.25) is 4.90 Å². The van der Waals surface area contributed by atoms with Crippen molar-refractivity contribution in [1.29, 1.82) is 0 Å². The van der Waals surface area contributed by atoms with Gasteiger partial charge in [0.2, 0.25) is 23.7 Å². The van der Waals surface area contributed by atoms with E-state index in [1.807, 2.05) is 43.3 Å². The maximum atomic E-state index is 6.43. The number of aromatic nitrogens is 4. The summed E-state index contributed by atoms with van der Waals surface area (Å²) in [7, 11) is 9.65. The van der Waals surface area contributed by atoms with Crippen LogP contribution in [0.2, 0.25) is 5.02 Å². The van der Waals surface area contributed by atoms with Gasteiger partial charge in [-0.2, -0.15) is 9.97 Å². The molecule has 2 aromatic heterocycles. The van der Waals surface area contributed by atoms with E-state index in [1.165, 1.54) is 0 Å². The Kier molecular flexibility index (Phi) is 12.6. The zero-order valence-electron chi connectivity index (χ0n) is 33.6. The molecule has 7 rings (SSSR count). The molecule has 0 amide bonds. The molecule has 15 nitrogen and oxygen atoms in total. The van der Waals surface area contributed by atoms with Crippen molar-refractivity contribution in [2.45, 2.75) is 51.2 Å². The van der Waals surface area contributed by atoms with E-state index in [0.29, 0.717) is 85.8 Å². The van der Waals surface area contributed by atoms with E-state index in [0.717, 1.165) is 64.0 Å². The summed E-state index contributed by atoms with van der Waals surface area (Å²) in [5.74, 6) is 4.65. The summed E-state index contributed by atoms with van der Waals surface area (Å²) in [5, 5.41) is 9.92. The molecule has 16 heteroatoms. The number of nitrogens with zero attached hydrogens (tertiary/aromatic N) is 7. The maximum Gasteiger partial charge on any atom is 0.248 e. The first-order chi connectivity index (χ1) is 27.8. The predicted molar refractivity (Wildman–Crippen MR) is 220 cm³/mol. The molecule has 0 aliphatic carbocycles. The van der Waals surface area contributed by atoms with Crippen LogP contribution in [0.5, 0.6) is 40.5 Å². The fourth-order valence-corrected chi connectivity index (χ4v) is 7.93. The molecule has 304 valence electrons. The number of piperidine rings is 2. The Bertz CT molecular complexity index is 2180. The fraction of sp³-hybridized carbons (Fsp3) is 0.463. The van der Waals surface area contributed by atoms with Crippen LogP contribution in [-0.4, -0.2) is 112 Å². The minimum absolute atomic E-state index is 0.00618. The number of anilines is 2. The molecule has 2 fully saturated rings. The molecule has 5 aromatic rings. The molecule has 0 unspecified atom stereocenters. The number of likely N-dealkylation sites (tertiary alicyclic amines) is 1. The molecule has 2 saturated heterocycles. The normalized spacial score (nSPS) is 15.4. The Hall–Kier alpha value is -5.25. The number of hydrogen-bond acceptors (Lipinski definition) is 15. The van der Waals surface area contributed by atoms with E-state index in [4.69, 9.17) is 64.7 Å². The second-order valence-electron chi connectivity index (χ2n) is 13.9. The summed E-state index contributed by atoms with van der Waals surface area (Å²) < 4.78 is 40.4. The third-order valence-electron chi connectivity index (χ3n) is 10.6. The number of nitrogens with one attached hydrogen (secondary N) is 1. The van der Waals surface area contributed by atoms with E-state index in [1.54, 1.807) is 42.7 Å². The van der Waals surface area contributed by atoms with Crippen LogP contribution in [0, 0.1) is 0 Å². The highest BCUT2D eigenvalue weighted by molar-refractivity contribution is 6.32. The van der Waals surface area contributed by atoms with Crippen LogP contribution >= 0.6 is 11.6 Å². The van der Waals surface area contributed by atoms with Crippen LogP contribution in [0.4, 0.5) is 11.9 Å². The van der Waals surface area contributed by atoms with Crippen LogP contribution in [0.25, 0.3) is 21.8 Å². The number of hydrazine groups is 1. The lowest BCUT2D eigenvalue weighted by molar-refractivity contribution is 0.196. The quantitative estimate of drug-likeness (QED) is 0.118. The Balaban J connectivity index is 1.36. The molecule has 57 heavy (non-hydrogen) atoms. The summed E-state index contributed by atoms with van der Waals surface area (Å²) in [5.41, 5.74) is 2.43.